The number of rotatable bonds is 7. The fourth-order valence-electron chi connectivity index (χ4n) is 1.90. The summed E-state index contributed by atoms with van der Waals surface area (Å²) in [6.45, 7) is 3.91. The number of hydrogen-bond donors (Lipinski definition) is 3. The first-order chi connectivity index (χ1) is 8.24. The number of hydrogen-bond acceptors (Lipinski definition) is 3. The summed E-state index contributed by atoms with van der Waals surface area (Å²) in [7, 11) is 0. The number of nitrogens with one attached hydrogen (secondary N) is 1. The monoisotopic (exact) mass is 257 g/mol. The predicted molar refractivity (Wildman–Crippen MR) is 62.9 cm³/mol. The number of carboxylic acids is 2. The number of aliphatic carboxylic acids is 2. The lowest BCUT2D eigenvalue weighted by atomic mass is 10.1. The van der Waals surface area contributed by atoms with Gasteiger partial charge < -0.3 is 15.5 Å². The first kappa shape index (κ1) is 14.5. The van der Waals surface area contributed by atoms with Crippen molar-refractivity contribution in [3.63, 3.8) is 0 Å². The van der Waals surface area contributed by atoms with Crippen LogP contribution in [0.4, 0.5) is 0 Å². The minimum absolute atomic E-state index is 0.0474. The van der Waals surface area contributed by atoms with Crippen LogP contribution >= 0.6 is 0 Å². The van der Waals surface area contributed by atoms with Crippen LogP contribution in [-0.4, -0.2) is 34.1 Å². The minimum atomic E-state index is -1.12. The highest BCUT2D eigenvalue weighted by Crippen LogP contribution is 2.51. The van der Waals surface area contributed by atoms with Crippen LogP contribution in [0, 0.1) is 11.3 Å². The molecule has 1 saturated carbocycles. The summed E-state index contributed by atoms with van der Waals surface area (Å²) in [5.41, 5.74) is -0.0474. The van der Waals surface area contributed by atoms with E-state index in [1.807, 2.05) is 13.8 Å². The van der Waals surface area contributed by atoms with Crippen LogP contribution in [0.1, 0.15) is 39.5 Å². The Morgan fingerprint density at radius 3 is 2.28 bits per heavy atom. The second-order valence-electron chi connectivity index (χ2n) is 5.43. The molecule has 0 radical (unpaired) electrons. The SMILES string of the molecule is CC1(C)CC1C(=O)N[C@H](CCCC(=O)O)C(=O)O. The lowest BCUT2D eigenvalue weighted by Crippen LogP contribution is -2.42. The van der Waals surface area contributed by atoms with Crippen molar-refractivity contribution in [1.29, 1.82) is 0 Å². The van der Waals surface area contributed by atoms with Gasteiger partial charge in [0.15, 0.2) is 0 Å². The van der Waals surface area contributed by atoms with Gasteiger partial charge in [-0.3, -0.25) is 9.59 Å². The van der Waals surface area contributed by atoms with Gasteiger partial charge in [0.2, 0.25) is 5.91 Å². The average Bonchev–Trinajstić information content (AvgIpc) is 2.85. The van der Waals surface area contributed by atoms with E-state index in [-0.39, 0.29) is 36.5 Å². The molecular weight excluding hydrogens is 238 g/mol. The van der Waals surface area contributed by atoms with Gasteiger partial charge in [-0.15, -0.1) is 0 Å². The second kappa shape index (κ2) is 5.37. The lowest BCUT2D eigenvalue weighted by Gasteiger charge is -2.14. The molecule has 6 nitrogen and oxygen atoms in total. The van der Waals surface area contributed by atoms with E-state index in [0.717, 1.165) is 6.42 Å². The first-order valence-electron chi connectivity index (χ1n) is 5.99. The standard InChI is InChI=1S/C12H19NO5/c1-12(2)6-7(12)10(16)13-8(11(17)18)4-3-5-9(14)15/h7-8H,3-6H2,1-2H3,(H,13,16)(H,14,15)(H,17,18)/t7?,8-/m1/s1. The highest BCUT2D eigenvalue weighted by Gasteiger charge is 2.51. The topological polar surface area (TPSA) is 104 Å². The minimum Gasteiger partial charge on any atom is -0.481 e. The third-order valence-corrected chi connectivity index (χ3v) is 3.33. The highest BCUT2D eigenvalue weighted by molar-refractivity contribution is 5.87. The smallest absolute Gasteiger partial charge is 0.326 e. The Bertz CT molecular complexity index is 363. The van der Waals surface area contributed by atoms with Gasteiger partial charge in [0.25, 0.3) is 0 Å². The Morgan fingerprint density at radius 1 is 1.33 bits per heavy atom. The molecular formula is C12H19NO5. The van der Waals surface area contributed by atoms with E-state index >= 15 is 0 Å². The summed E-state index contributed by atoms with van der Waals surface area (Å²) in [6.07, 6.45) is 1.05. The maximum absolute atomic E-state index is 11.7. The molecule has 0 heterocycles. The molecule has 1 unspecified atom stereocenters. The number of carbonyl (C=O) groups excluding carboxylic acids is 1. The van der Waals surface area contributed by atoms with Gasteiger partial charge in [-0.1, -0.05) is 13.8 Å². The highest BCUT2D eigenvalue weighted by atomic mass is 16.4. The molecule has 0 aromatic heterocycles. The van der Waals surface area contributed by atoms with Crippen LogP contribution in [-0.2, 0) is 14.4 Å². The fourth-order valence-corrected chi connectivity index (χ4v) is 1.90. The van der Waals surface area contributed by atoms with Crippen molar-refractivity contribution in [2.75, 3.05) is 0 Å². The third-order valence-electron chi connectivity index (χ3n) is 3.33. The Kier molecular flexibility index (Phi) is 4.32. The van der Waals surface area contributed by atoms with Crippen molar-refractivity contribution < 1.29 is 24.6 Å². The molecule has 1 amide bonds. The van der Waals surface area contributed by atoms with Gasteiger partial charge in [-0.05, 0) is 24.7 Å². The van der Waals surface area contributed by atoms with Crippen LogP contribution in [0.15, 0.2) is 0 Å². The van der Waals surface area contributed by atoms with Gasteiger partial charge in [0.1, 0.15) is 6.04 Å². The van der Waals surface area contributed by atoms with Crippen molar-refractivity contribution in [2.45, 2.75) is 45.6 Å². The molecule has 1 aliphatic rings. The van der Waals surface area contributed by atoms with Gasteiger partial charge in [0.05, 0.1) is 0 Å². The largest absolute Gasteiger partial charge is 0.481 e. The van der Waals surface area contributed by atoms with E-state index in [9.17, 15) is 14.4 Å². The summed E-state index contributed by atoms with van der Waals surface area (Å²) in [6, 6.07) is -0.992. The number of amides is 1. The van der Waals surface area contributed by atoms with Crippen LogP contribution in [0.3, 0.4) is 0 Å². The number of carbonyl (C=O) groups is 3. The molecule has 3 N–H and O–H groups in total. The summed E-state index contributed by atoms with van der Waals surface area (Å²) in [5.74, 6) is -2.46. The van der Waals surface area contributed by atoms with E-state index in [0.29, 0.717) is 0 Å². The zero-order chi connectivity index (χ0) is 13.9. The van der Waals surface area contributed by atoms with Crippen molar-refractivity contribution in [3.8, 4) is 0 Å². The summed E-state index contributed by atoms with van der Waals surface area (Å²) >= 11 is 0. The van der Waals surface area contributed by atoms with Crippen molar-refractivity contribution in [2.24, 2.45) is 11.3 Å². The van der Waals surface area contributed by atoms with E-state index in [4.69, 9.17) is 10.2 Å². The molecule has 0 saturated heterocycles. The predicted octanol–water partition coefficient (Wildman–Crippen LogP) is 0.857. The molecule has 1 rings (SSSR count). The molecule has 0 aromatic carbocycles. The molecule has 0 aliphatic heterocycles. The first-order valence-corrected chi connectivity index (χ1v) is 5.99. The summed E-state index contributed by atoms with van der Waals surface area (Å²) in [4.78, 5) is 33.0. The van der Waals surface area contributed by atoms with Crippen molar-refractivity contribution in [3.05, 3.63) is 0 Å². The van der Waals surface area contributed by atoms with Gasteiger partial charge in [-0.25, -0.2) is 4.79 Å². The zero-order valence-electron chi connectivity index (χ0n) is 10.6. The van der Waals surface area contributed by atoms with E-state index in [1.165, 1.54) is 0 Å². The molecule has 0 spiro atoms. The van der Waals surface area contributed by atoms with Crippen LogP contribution in [0.2, 0.25) is 0 Å². The van der Waals surface area contributed by atoms with E-state index in [1.54, 1.807) is 0 Å². The normalized spacial score (nSPS) is 22.0. The second-order valence-corrected chi connectivity index (χ2v) is 5.43. The maximum atomic E-state index is 11.7. The number of carboxylic acid groups (broad SMARTS) is 2. The van der Waals surface area contributed by atoms with E-state index in [2.05, 4.69) is 5.32 Å². The Labute approximate surface area is 105 Å². The molecule has 18 heavy (non-hydrogen) atoms. The summed E-state index contributed by atoms with van der Waals surface area (Å²) < 4.78 is 0. The van der Waals surface area contributed by atoms with Gasteiger partial charge in [0, 0.05) is 12.3 Å². The molecule has 0 aromatic rings. The van der Waals surface area contributed by atoms with Crippen LogP contribution in [0.5, 0.6) is 0 Å². The molecule has 1 fully saturated rings. The lowest BCUT2D eigenvalue weighted by molar-refractivity contribution is -0.143. The molecule has 102 valence electrons. The van der Waals surface area contributed by atoms with Crippen LogP contribution < -0.4 is 5.32 Å². The molecule has 2 atom stereocenters. The average molecular weight is 257 g/mol. The maximum Gasteiger partial charge on any atom is 0.326 e. The molecule has 6 heteroatoms. The van der Waals surface area contributed by atoms with Gasteiger partial charge >= 0.3 is 11.9 Å². The van der Waals surface area contributed by atoms with E-state index < -0.39 is 18.0 Å². The molecule has 0 bridgehead atoms. The molecule has 1 aliphatic carbocycles. The fraction of sp³-hybridized carbons (Fsp3) is 0.750. The quantitative estimate of drug-likeness (QED) is 0.627. The Morgan fingerprint density at radius 2 is 1.89 bits per heavy atom. The van der Waals surface area contributed by atoms with Crippen molar-refractivity contribution >= 4 is 17.8 Å². The summed E-state index contributed by atoms with van der Waals surface area (Å²) in [5, 5.41) is 19.9. The zero-order valence-corrected chi connectivity index (χ0v) is 10.6. The Balaban J connectivity index is 2.41. The Hall–Kier alpha value is -1.59. The van der Waals surface area contributed by atoms with Crippen LogP contribution in [0.25, 0.3) is 0 Å². The van der Waals surface area contributed by atoms with Crippen molar-refractivity contribution in [1.82, 2.24) is 5.32 Å². The third kappa shape index (κ3) is 4.01. The van der Waals surface area contributed by atoms with Gasteiger partial charge in [-0.2, -0.15) is 0 Å².